The smallest absolute Gasteiger partial charge is 0.251 e. The summed E-state index contributed by atoms with van der Waals surface area (Å²) in [6.45, 7) is 30.9. The molecule has 0 bridgehead atoms. The number of ether oxygens (including phenoxy) is 2. The van der Waals surface area contributed by atoms with Crippen molar-refractivity contribution in [2.75, 3.05) is 26.3 Å². The van der Waals surface area contributed by atoms with Gasteiger partial charge in [-0.3, -0.25) is 9.59 Å². The Morgan fingerprint density at radius 3 is 1.23 bits per heavy atom. The molecule has 0 aliphatic rings. The van der Waals surface area contributed by atoms with Crippen LogP contribution < -0.4 is 20.1 Å². The summed E-state index contributed by atoms with van der Waals surface area (Å²) in [5, 5.41) is 6.03. The zero-order valence-corrected chi connectivity index (χ0v) is 35.4. The van der Waals surface area contributed by atoms with Gasteiger partial charge in [-0.15, -0.1) is 0 Å². The van der Waals surface area contributed by atoms with Gasteiger partial charge in [-0.1, -0.05) is 107 Å². The minimum absolute atomic E-state index is 0.0132. The van der Waals surface area contributed by atoms with E-state index >= 15 is 0 Å². The number of aryl methyl sites for hydroxylation is 1. The van der Waals surface area contributed by atoms with Crippen LogP contribution in [0.4, 0.5) is 0 Å². The van der Waals surface area contributed by atoms with Gasteiger partial charge in [0, 0.05) is 35.3 Å². The average Bonchev–Trinajstić information content (AvgIpc) is 3.13. The molecule has 0 saturated heterocycles. The summed E-state index contributed by atoms with van der Waals surface area (Å²) < 4.78 is 12.6. The van der Waals surface area contributed by atoms with E-state index in [0.29, 0.717) is 50.3 Å². The first-order valence-corrected chi connectivity index (χ1v) is 20.1. The molecule has 6 heteroatoms. The van der Waals surface area contributed by atoms with E-state index in [-0.39, 0.29) is 33.5 Å². The number of amides is 2. The van der Waals surface area contributed by atoms with Crippen molar-refractivity contribution in [3.05, 3.63) is 93.5 Å². The van der Waals surface area contributed by atoms with E-state index in [2.05, 4.69) is 130 Å². The lowest BCUT2D eigenvalue weighted by Gasteiger charge is -2.30. The molecular weight excluding hydrogens is 657 g/mol. The van der Waals surface area contributed by atoms with E-state index in [1.54, 1.807) is 6.07 Å². The van der Waals surface area contributed by atoms with E-state index in [0.717, 1.165) is 42.7 Å². The molecule has 53 heavy (non-hydrogen) atoms. The van der Waals surface area contributed by atoms with Crippen LogP contribution in [0.5, 0.6) is 11.5 Å². The fraction of sp³-hybridized carbons (Fsp3) is 0.574. The SMILES string of the molecule is CCC(C)(C)c1ccc(OCCCNC(=O)c2cc(C)cc(C(=O)NCCCOc3ccc(C(C)(C)CC)cc3C(C)(C)CC)c2)c(C(C)(C)CC)c1. The molecule has 0 spiro atoms. The summed E-state index contributed by atoms with van der Waals surface area (Å²) in [4.78, 5) is 26.3. The summed E-state index contributed by atoms with van der Waals surface area (Å²) in [5.74, 6) is 1.42. The summed E-state index contributed by atoms with van der Waals surface area (Å²) in [6, 6.07) is 18.5. The Balaban J connectivity index is 1.53. The van der Waals surface area contributed by atoms with Crippen molar-refractivity contribution in [3.63, 3.8) is 0 Å². The molecule has 0 atom stereocenters. The van der Waals surface area contributed by atoms with E-state index < -0.39 is 0 Å². The van der Waals surface area contributed by atoms with Gasteiger partial charge in [-0.25, -0.2) is 0 Å². The Morgan fingerprint density at radius 2 is 0.887 bits per heavy atom. The lowest BCUT2D eigenvalue weighted by atomic mass is 9.76. The molecule has 3 rings (SSSR count). The predicted octanol–water partition coefficient (Wildman–Crippen LogP) is 11.1. The summed E-state index contributed by atoms with van der Waals surface area (Å²) in [5.41, 5.74) is 7.09. The average molecular weight is 727 g/mol. The second kappa shape index (κ2) is 18.5. The normalized spacial score (nSPS) is 12.4. The second-order valence-electron chi connectivity index (χ2n) is 17.4. The van der Waals surface area contributed by atoms with Gasteiger partial charge < -0.3 is 20.1 Å². The van der Waals surface area contributed by atoms with Crippen LogP contribution in [-0.4, -0.2) is 38.1 Å². The summed E-state index contributed by atoms with van der Waals surface area (Å²) in [7, 11) is 0. The minimum atomic E-state index is -0.200. The minimum Gasteiger partial charge on any atom is -0.493 e. The van der Waals surface area contributed by atoms with Crippen molar-refractivity contribution in [2.45, 2.75) is 150 Å². The summed E-state index contributed by atoms with van der Waals surface area (Å²) in [6.07, 6.45) is 5.47. The molecular formula is C47H70N2O4. The highest BCUT2D eigenvalue weighted by Crippen LogP contribution is 2.40. The van der Waals surface area contributed by atoms with Gasteiger partial charge in [0.25, 0.3) is 11.8 Å². The van der Waals surface area contributed by atoms with E-state index in [1.165, 1.54) is 22.3 Å². The quantitative estimate of drug-likeness (QED) is 0.114. The van der Waals surface area contributed by atoms with Crippen molar-refractivity contribution in [2.24, 2.45) is 0 Å². The highest BCUT2D eigenvalue weighted by atomic mass is 16.5. The summed E-state index contributed by atoms with van der Waals surface area (Å²) >= 11 is 0. The third-order valence-corrected chi connectivity index (χ3v) is 11.8. The molecule has 0 heterocycles. The van der Waals surface area contributed by atoms with Crippen LogP contribution in [0.3, 0.4) is 0 Å². The molecule has 0 aliphatic carbocycles. The van der Waals surface area contributed by atoms with Crippen LogP contribution in [0.1, 0.15) is 170 Å². The number of hydrogen-bond acceptors (Lipinski definition) is 4. The van der Waals surface area contributed by atoms with E-state index in [9.17, 15) is 9.59 Å². The lowest BCUT2D eigenvalue weighted by molar-refractivity contribution is 0.0950. The fourth-order valence-corrected chi connectivity index (χ4v) is 6.16. The van der Waals surface area contributed by atoms with E-state index in [1.807, 2.05) is 19.1 Å². The second-order valence-corrected chi connectivity index (χ2v) is 17.4. The molecule has 2 N–H and O–H groups in total. The Morgan fingerprint density at radius 1 is 0.528 bits per heavy atom. The van der Waals surface area contributed by atoms with Gasteiger partial charge in [-0.05, 0) is 114 Å². The fourth-order valence-electron chi connectivity index (χ4n) is 6.16. The zero-order chi connectivity index (χ0) is 39.6. The third-order valence-electron chi connectivity index (χ3n) is 11.8. The first-order valence-electron chi connectivity index (χ1n) is 20.1. The van der Waals surface area contributed by atoms with Crippen molar-refractivity contribution in [1.82, 2.24) is 10.6 Å². The molecule has 2 amide bonds. The Labute approximate surface area is 322 Å². The molecule has 0 aliphatic heterocycles. The van der Waals surface area contributed by atoms with E-state index in [4.69, 9.17) is 9.47 Å². The molecule has 0 fully saturated rings. The standard InChI is InChI=1S/C47H70N2O4/c1-14-44(6,7)36-20-22-40(38(31-36)46(10,11)16-3)52-26-18-24-48-42(50)34-28-33(5)29-35(30-34)43(51)49-25-19-27-53-41-23-21-37(45(8,9)15-2)32-39(41)47(12,13)17-4/h20-23,28-32H,14-19,24-27H2,1-13H3,(H,48,50)(H,49,51). The number of rotatable bonds is 20. The number of carbonyl (C=O) groups is 2. The third kappa shape index (κ3) is 11.6. The highest BCUT2D eigenvalue weighted by molar-refractivity contribution is 6.00. The van der Waals surface area contributed by atoms with Crippen molar-refractivity contribution in [1.29, 1.82) is 0 Å². The van der Waals surface area contributed by atoms with Crippen molar-refractivity contribution < 1.29 is 19.1 Å². The van der Waals surface area contributed by atoms with Crippen LogP contribution in [0.25, 0.3) is 0 Å². The molecule has 0 radical (unpaired) electrons. The molecule has 0 saturated carbocycles. The molecule has 0 unspecified atom stereocenters. The van der Waals surface area contributed by atoms with Gasteiger partial charge in [0.05, 0.1) is 13.2 Å². The Hall–Kier alpha value is -3.80. The van der Waals surface area contributed by atoms with Crippen LogP contribution in [0, 0.1) is 6.92 Å². The van der Waals surface area contributed by atoms with Gasteiger partial charge in [0.1, 0.15) is 11.5 Å². The largest absolute Gasteiger partial charge is 0.493 e. The van der Waals surface area contributed by atoms with Gasteiger partial charge >= 0.3 is 0 Å². The number of nitrogens with one attached hydrogen (secondary N) is 2. The number of benzene rings is 3. The first-order chi connectivity index (χ1) is 24.8. The molecule has 3 aromatic rings. The van der Waals surface area contributed by atoms with Crippen LogP contribution in [-0.2, 0) is 21.7 Å². The Bertz CT molecular complexity index is 1560. The van der Waals surface area contributed by atoms with Crippen LogP contribution in [0.2, 0.25) is 0 Å². The molecule has 0 aromatic heterocycles. The number of carbonyl (C=O) groups excluding carboxylic acids is 2. The van der Waals surface area contributed by atoms with Crippen LogP contribution in [0.15, 0.2) is 54.6 Å². The predicted molar refractivity (Wildman–Crippen MR) is 222 cm³/mol. The molecule has 292 valence electrons. The Kier molecular flexibility index (Phi) is 15.2. The van der Waals surface area contributed by atoms with Gasteiger partial charge in [0.15, 0.2) is 0 Å². The lowest BCUT2D eigenvalue weighted by Crippen LogP contribution is -2.28. The van der Waals surface area contributed by atoms with Crippen molar-refractivity contribution >= 4 is 11.8 Å². The van der Waals surface area contributed by atoms with Gasteiger partial charge in [0.2, 0.25) is 0 Å². The number of hydrogen-bond donors (Lipinski definition) is 2. The topological polar surface area (TPSA) is 76.7 Å². The maximum atomic E-state index is 13.1. The van der Waals surface area contributed by atoms with Gasteiger partial charge in [-0.2, -0.15) is 0 Å². The highest BCUT2D eigenvalue weighted by Gasteiger charge is 2.28. The first kappa shape index (κ1) is 43.6. The van der Waals surface area contributed by atoms with Crippen LogP contribution >= 0.6 is 0 Å². The van der Waals surface area contributed by atoms with Crippen molar-refractivity contribution in [3.8, 4) is 11.5 Å². The monoisotopic (exact) mass is 727 g/mol. The maximum Gasteiger partial charge on any atom is 0.251 e. The molecule has 6 nitrogen and oxygen atoms in total. The maximum absolute atomic E-state index is 13.1. The zero-order valence-electron chi connectivity index (χ0n) is 35.4. The molecule has 3 aromatic carbocycles.